The summed E-state index contributed by atoms with van der Waals surface area (Å²) in [5.74, 6) is 0. The van der Waals surface area contributed by atoms with Crippen molar-refractivity contribution in [1.82, 2.24) is 9.97 Å². The highest BCUT2D eigenvalue weighted by Gasteiger charge is 2.22. The van der Waals surface area contributed by atoms with E-state index in [-0.39, 0.29) is 0 Å². The van der Waals surface area contributed by atoms with Gasteiger partial charge in [-0.1, -0.05) is 140 Å². The Morgan fingerprint density at radius 3 is 1.60 bits per heavy atom. The van der Waals surface area contributed by atoms with Crippen LogP contribution in [0, 0.1) is 0 Å². The lowest BCUT2D eigenvalue weighted by molar-refractivity contribution is 1.24. The quantitative estimate of drug-likeness (QED) is 0.151. The minimum absolute atomic E-state index is 0.933. The van der Waals surface area contributed by atoms with Crippen LogP contribution in [0.15, 0.2) is 219 Å². The summed E-state index contributed by atoms with van der Waals surface area (Å²) in [6.45, 7) is 0. The first-order valence-corrected chi connectivity index (χ1v) is 20.4. The zero-order valence-corrected chi connectivity index (χ0v) is 32.6. The monoisotopic (exact) mass is 764 g/mol. The zero-order valence-electron chi connectivity index (χ0n) is 32.6. The number of hydrogen-bond donors (Lipinski definition) is 0. The fourth-order valence-electron chi connectivity index (χ4n) is 9.22. The maximum absolute atomic E-state index is 5.23. The summed E-state index contributed by atoms with van der Waals surface area (Å²) in [5.41, 5.74) is 9.48. The molecule has 0 radical (unpaired) electrons. The summed E-state index contributed by atoms with van der Waals surface area (Å²) >= 11 is 0. The molecule has 0 fully saturated rings. The molecule has 0 amide bonds. The number of hydrogen-bond acceptors (Lipinski definition) is 4. The van der Waals surface area contributed by atoms with Crippen molar-refractivity contribution in [2.24, 2.45) is 0 Å². The molecule has 4 heteroatoms. The number of para-hydroxylation sites is 2. The van der Waals surface area contributed by atoms with Crippen LogP contribution in [0.3, 0.4) is 0 Å². The molecule has 0 spiro atoms. The van der Waals surface area contributed by atoms with Gasteiger partial charge in [-0.3, -0.25) is 9.97 Å². The average molecular weight is 765 g/mol. The van der Waals surface area contributed by atoms with Crippen LogP contribution in [0.2, 0.25) is 0 Å². The third kappa shape index (κ3) is 5.53. The summed E-state index contributed by atoms with van der Waals surface area (Å²) in [6.07, 6.45) is 3.93. The van der Waals surface area contributed by atoms with Crippen LogP contribution in [0.5, 0.6) is 0 Å². The van der Waals surface area contributed by atoms with E-state index >= 15 is 0 Å². The van der Waals surface area contributed by atoms with Crippen LogP contribution >= 0.6 is 0 Å². The smallest absolute Gasteiger partial charge is 0.0723 e. The normalized spacial score (nSPS) is 11.7. The van der Waals surface area contributed by atoms with Crippen molar-refractivity contribution in [3.63, 3.8) is 0 Å². The fraction of sp³-hybridized carbons (Fsp3) is 0. The number of aromatic nitrogens is 2. The van der Waals surface area contributed by atoms with Gasteiger partial charge in [-0.25, -0.2) is 0 Å². The van der Waals surface area contributed by atoms with Crippen molar-refractivity contribution in [3.8, 4) is 11.3 Å². The largest absolute Gasteiger partial charge is 0.309 e. The molecule has 0 unspecified atom stereocenters. The van der Waals surface area contributed by atoms with Crippen LogP contribution in [0.4, 0.5) is 34.1 Å². The van der Waals surface area contributed by atoms with E-state index in [9.17, 15) is 0 Å². The molecular formula is C56H36N4. The van der Waals surface area contributed by atoms with Crippen LogP contribution in [-0.4, -0.2) is 9.97 Å². The number of rotatable bonds is 7. The topological polar surface area (TPSA) is 32.3 Å². The lowest BCUT2D eigenvalue weighted by atomic mass is 9.90. The van der Waals surface area contributed by atoms with Crippen molar-refractivity contribution in [3.05, 3.63) is 219 Å². The van der Waals surface area contributed by atoms with E-state index in [2.05, 4.69) is 210 Å². The highest BCUT2D eigenvalue weighted by Crippen LogP contribution is 2.47. The van der Waals surface area contributed by atoms with Crippen molar-refractivity contribution in [2.45, 2.75) is 0 Å². The van der Waals surface area contributed by atoms with Crippen molar-refractivity contribution >= 4 is 98.9 Å². The van der Waals surface area contributed by atoms with Gasteiger partial charge in [0.25, 0.3) is 0 Å². The standard InChI is InChI=1S/C56H36N4/c1-2-14-43(15-3-1)60(54-32-33-57-51-17-9-8-16-49(51)54)53-31-23-40-21-28-48-47(27-20-39-22-29-50(53)56(40)55(39)48)52-30-26-46(36-58-52)59(44-24-18-37-10-4-6-12-41(37)34-44)45-25-19-38-11-5-7-13-42(38)35-45/h1-36H. The van der Waals surface area contributed by atoms with E-state index in [0.717, 1.165) is 56.3 Å². The molecule has 0 atom stereocenters. The molecule has 12 aromatic rings. The van der Waals surface area contributed by atoms with E-state index in [4.69, 9.17) is 9.97 Å². The van der Waals surface area contributed by atoms with Gasteiger partial charge in [0, 0.05) is 39.6 Å². The van der Waals surface area contributed by atoms with Crippen molar-refractivity contribution in [2.75, 3.05) is 9.80 Å². The molecule has 10 aromatic carbocycles. The number of pyridine rings is 2. The molecule has 60 heavy (non-hydrogen) atoms. The van der Waals surface area contributed by atoms with Crippen LogP contribution in [0.1, 0.15) is 0 Å². The summed E-state index contributed by atoms with van der Waals surface area (Å²) in [4.78, 5) is 14.6. The SMILES string of the molecule is c1ccc(N(c2ccnc3ccccc23)c2ccc3ccc4c(-c5ccc(N(c6ccc7ccccc7c6)c6ccc7ccccc7c6)cn5)ccc5ccc2c3c54)cc1. The minimum Gasteiger partial charge on any atom is -0.309 e. The lowest BCUT2D eigenvalue weighted by Gasteiger charge is -2.28. The number of anilines is 6. The summed E-state index contributed by atoms with van der Waals surface area (Å²) in [5, 5.41) is 13.2. The first kappa shape index (κ1) is 34.0. The molecule has 280 valence electrons. The molecule has 0 saturated carbocycles. The molecule has 2 aromatic heterocycles. The second kappa shape index (κ2) is 13.8. The number of fused-ring (bicyclic) bond motifs is 3. The van der Waals surface area contributed by atoms with Crippen LogP contribution < -0.4 is 9.80 Å². The molecule has 0 aliphatic rings. The molecule has 2 heterocycles. The Labute approximate surface area is 347 Å². The maximum Gasteiger partial charge on any atom is 0.0723 e. The Morgan fingerprint density at radius 2 is 0.883 bits per heavy atom. The summed E-state index contributed by atoms with van der Waals surface area (Å²) < 4.78 is 0. The second-order valence-electron chi connectivity index (χ2n) is 15.4. The Kier molecular flexibility index (Phi) is 7.82. The van der Waals surface area contributed by atoms with Crippen molar-refractivity contribution in [1.29, 1.82) is 0 Å². The Morgan fingerprint density at radius 1 is 0.317 bits per heavy atom. The summed E-state index contributed by atoms with van der Waals surface area (Å²) in [7, 11) is 0. The second-order valence-corrected chi connectivity index (χ2v) is 15.4. The predicted molar refractivity (Wildman–Crippen MR) is 253 cm³/mol. The van der Waals surface area contributed by atoms with Crippen LogP contribution in [0.25, 0.3) is 76.0 Å². The third-order valence-corrected chi connectivity index (χ3v) is 12.0. The Bertz CT molecular complexity index is 3480. The molecular weight excluding hydrogens is 729 g/mol. The molecule has 0 aliphatic carbocycles. The zero-order chi connectivity index (χ0) is 39.6. The van der Waals surface area contributed by atoms with E-state index in [1.807, 2.05) is 18.5 Å². The Balaban J connectivity index is 1.01. The molecule has 0 bridgehead atoms. The summed E-state index contributed by atoms with van der Waals surface area (Å²) in [6, 6.07) is 74.1. The molecule has 0 saturated heterocycles. The predicted octanol–water partition coefficient (Wildman–Crippen LogP) is 15.4. The van der Waals surface area contributed by atoms with Gasteiger partial charge in [0.15, 0.2) is 0 Å². The molecule has 4 nitrogen and oxygen atoms in total. The number of benzene rings is 10. The van der Waals surface area contributed by atoms with Gasteiger partial charge in [-0.2, -0.15) is 0 Å². The maximum atomic E-state index is 5.23. The molecule has 0 N–H and O–H groups in total. The third-order valence-electron chi connectivity index (χ3n) is 12.0. The van der Waals surface area contributed by atoms with Gasteiger partial charge in [0.2, 0.25) is 0 Å². The van der Waals surface area contributed by atoms with E-state index < -0.39 is 0 Å². The number of nitrogens with zero attached hydrogens (tertiary/aromatic N) is 4. The van der Waals surface area contributed by atoms with Gasteiger partial charge in [0.05, 0.1) is 34.5 Å². The van der Waals surface area contributed by atoms with E-state index in [1.165, 1.54) is 53.9 Å². The first-order chi connectivity index (χ1) is 29.7. The minimum atomic E-state index is 0.933. The van der Waals surface area contributed by atoms with Gasteiger partial charge >= 0.3 is 0 Å². The van der Waals surface area contributed by atoms with Gasteiger partial charge in [0.1, 0.15) is 0 Å². The highest BCUT2D eigenvalue weighted by atomic mass is 15.2. The van der Waals surface area contributed by atoms with Gasteiger partial charge in [-0.15, -0.1) is 0 Å². The van der Waals surface area contributed by atoms with Crippen molar-refractivity contribution < 1.29 is 0 Å². The van der Waals surface area contributed by atoms with E-state index in [0.29, 0.717) is 0 Å². The fourth-order valence-corrected chi connectivity index (χ4v) is 9.22. The van der Waals surface area contributed by atoms with E-state index in [1.54, 1.807) is 0 Å². The molecule has 0 aliphatic heterocycles. The molecule has 12 rings (SSSR count). The highest BCUT2D eigenvalue weighted by molar-refractivity contribution is 6.28. The Hall–Kier alpha value is -8.08. The van der Waals surface area contributed by atoms with Gasteiger partial charge in [-0.05, 0) is 115 Å². The first-order valence-electron chi connectivity index (χ1n) is 20.4. The lowest BCUT2D eigenvalue weighted by Crippen LogP contribution is -2.11. The van der Waals surface area contributed by atoms with Crippen LogP contribution in [-0.2, 0) is 0 Å². The van der Waals surface area contributed by atoms with Gasteiger partial charge < -0.3 is 9.80 Å². The average Bonchev–Trinajstić information content (AvgIpc) is 3.32.